The lowest BCUT2D eigenvalue weighted by molar-refractivity contribution is 0.0911. The summed E-state index contributed by atoms with van der Waals surface area (Å²) >= 11 is 0. The predicted octanol–water partition coefficient (Wildman–Crippen LogP) is 5.09. The number of benzene rings is 2. The highest BCUT2D eigenvalue weighted by molar-refractivity contribution is 6.00. The van der Waals surface area contributed by atoms with Crippen LogP contribution in [0, 0.1) is 6.92 Å². The van der Waals surface area contributed by atoms with E-state index in [-0.39, 0.29) is 11.4 Å². The molecule has 0 aliphatic carbocycles. The number of fused-ring (bicyclic) bond motifs is 1. The van der Waals surface area contributed by atoms with Gasteiger partial charge in [-0.05, 0) is 51.5 Å². The van der Waals surface area contributed by atoms with E-state index in [0.717, 1.165) is 22.2 Å². The summed E-state index contributed by atoms with van der Waals surface area (Å²) in [4.78, 5) is 13.0. The van der Waals surface area contributed by atoms with Crippen molar-refractivity contribution in [1.82, 2.24) is 9.88 Å². The molecular formula is C24H28N2O2. The number of nitrogens with one attached hydrogen (secondary N) is 1. The smallest absolute Gasteiger partial charge is 0.268 e. The Morgan fingerprint density at radius 1 is 1.18 bits per heavy atom. The van der Waals surface area contributed by atoms with Crippen molar-refractivity contribution in [1.29, 1.82) is 0 Å². The quantitative estimate of drug-likeness (QED) is 0.609. The van der Waals surface area contributed by atoms with Crippen molar-refractivity contribution in [2.24, 2.45) is 0 Å². The fourth-order valence-electron chi connectivity index (χ4n) is 3.17. The monoisotopic (exact) mass is 376 g/mol. The third kappa shape index (κ3) is 4.45. The van der Waals surface area contributed by atoms with E-state index in [4.69, 9.17) is 4.74 Å². The minimum absolute atomic E-state index is 0.0921. The minimum atomic E-state index is -0.315. The molecule has 0 saturated heterocycles. The van der Waals surface area contributed by atoms with E-state index in [1.165, 1.54) is 5.56 Å². The molecule has 1 heterocycles. The van der Waals surface area contributed by atoms with Gasteiger partial charge in [-0.15, -0.1) is 0 Å². The van der Waals surface area contributed by atoms with Gasteiger partial charge in [-0.2, -0.15) is 0 Å². The summed E-state index contributed by atoms with van der Waals surface area (Å²) < 4.78 is 7.88. The average molecular weight is 377 g/mol. The van der Waals surface area contributed by atoms with Gasteiger partial charge in [0, 0.05) is 17.5 Å². The summed E-state index contributed by atoms with van der Waals surface area (Å²) in [6, 6.07) is 16.2. The molecule has 1 amide bonds. The Kier molecular flexibility index (Phi) is 5.59. The first-order valence-corrected chi connectivity index (χ1v) is 9.52. The number of ether oxygens (including phenoxy) is 1. The molecule has 0 radical (unpaired) electrons. The molecule has 0 aliphatic rings. The number of hydrogen-bond acceptors (Lipinski definition) is 2. The molecule has 0 bridgehead atoms. The molecule has 2 aromatic carbocycles. The van der Waals surface area contributed by atoms with Crippen molar-refractivity contribution >= 4 is 16.8 Å². The van der Waals surface area contributed by atoms with Crippen LogP contribution in [0.3, 0.4) is 0 Å². The summed E-state index contributed by atoms with van der Waals surface area (Å²) in [5, 5.41) is 4.00. The Morgan fingerprint density at radius 3 is 2.54 bits per heavy atom. The molecule has 0 atom stereocenters. The molecular weight excluding hydrogens is 348 g/mol. The van der Waals surface area contributed by atoms with Crippen molar-refractivity contribution < 1.29 is 9.53 Å². The molecule has 0 aliphatic heterocycles. The standard InChI is InChI=1S/C24H28N2O2/c1-6-14-28-22-9-7-8-20-19(22)15-21(23(27)25-24(3,4)5)26(20)16-18-12-10-17(2)11-13-18/h6-13,15H,1,14,16H2,2-5H3,(H,25,27). The fourth-order valence-corrected chi connectivity index (χ4v) is 3.17. The molecule has 0 saturated carbocycles. The van der Waals surface area contributed by atoms with Gasteiger partial charge < -0.3 is 14.6 Å². The largest absolute Gasteiger partial charge is 0.489 e. The highest BCUT2D eigenvalue weighted by atomic mass is 16.5. The van der Waals surface area contributed by atoms with Crippen LogP contribution < -0.4 is 10.1 Å². The van der Waals surface area contributed by atoms with Gasteiger partial charge in [-0.1, -0.05) is 48.6 Å². The first kappa shape index (κ1) is 19.7. The molecule has 28 heavy (non-hydrogen) atoms. The Bertz CT molecular complexity index is 992. The molecule has 0 fully saturated rings. The predicted molar refractivity (Wildman–Crippen MR) is 115 cm³/mol. The van der Waals surface area contributed by atoms with Gasteiger partial charge in [0.1, 0.15) is 18.1 Å². The van der Waals surface area contributed by atoms with Crippen LogP contribution >= 0.6 is 0 Å². The van der Waals surface area contributed by atoms with Gasteiger partial charge in [0.05, 0.1) is 5.52 Å². The normalized spacial score (nSPS) is 11.4. The van der Waals surface area contributed by atoms with Crippen LogP contribution in [0.25, 0.3) is 10.9 Å². The first-order valence-electron chi connectivity index (χ1n) is 9.52. The summed E-state index contributed by atoms with van der Waals surface area (Å²) in [6.07, 6.45) is 1.72. The molecule has 0 unspecified atom stereocenters. The van der Waals surface area contributed by atoms with Gasteiger partial charge in [-0.25, -0.2) is 0 Å². The van der Waals surface area contributed by atoms with Gasteiger partial charge >= 0.3 is 0 Å². The lowest BCUT2D eigenvalue weighted by Crippen LogP contribution is -2.41. The van der Waals surface area contributed by atoms with E-state index in [1.807, 2.05) is 45.0 Å². The average Bonchev–Trinajstić information content (AvgIpc) is 3.00. The number of carbonyl (C=O) groups excluding carboxylic acids is 1. The van der Waals surface area contributed by atoms with Gasteiger partial charge in [0.25, 0.3) is 5.91 Å². The third-order valence-electron chi connectivity index (χ3n) is 4.44. The second-order valence-electron chi connectivity index (χ2n) is 8.09. The van der Waals surface area contributed by atoms with Crippen LogP contribution in [0.5, 0.6) is 5.75 Å². The lowest BCUT2D eigenvalue weighted by Gasteiger charge is -2.21. The molecule has 3 rings (SSSR count). The van der Waals surface area contributed by atoms with Crippen molar-refractivity contribution in [2.75, 3.05) is 6.61 Å². The second-order valence-corrected chi connectivity index (χ2v) is 8.09. The SMILES string of the molecule is C=CCOc1cccc2c1cc(C(=O)NC(C)(C)C)n2Cc1ccc(C)cc1. The Balaban J connectivity index is 2.11. The number of amides is 1. The number of hydrogen-bond donors (Lipinski definition) is 1. The maximum atomic E-state index is 13.0. The van der Waals surface area contributed by atoms with Crippen LogP contribution in [0.15, 0.2) is 61.2 Å². The zero-order chi connectivity index (χ0) is 20.3. The summed E-state index contributed by atoms with van der Waals surface area (Å²) in [5.41, 5.74) is 3.64. The van der Waals surface area contributed by atoms with E-state index in [0.29, 0.717) is 18.8 Å². The zero-order valence-corrected chi connectivity index (χ0v) is 17.1. The van der Waals surface area contributed by atoms with Crippen molar-refractivity contribution in [3.63, 3.8) is 0 Å². The molecule has 4 nitrogen and oxygen atoms in total. The topological polar surface area (TPSA) is 43.3 Å². The van der Waals surface area contributed by atoms with Crippen LogP contribution in [-0.4, -0.2) is 22.6 Å². The van der Waals surface area contributed by atoms with Gasteiger partial charge in [0.2, 0.25) is 0 Å². The Labute approximate surface area is 166 Å². The zero-order valence-electron chi connectivity index (χ0n) is 17.1. The van der Waals surface area contributed by atoms with E-state index in [2.05, 4.69) is 47.7 Å². The summed E-state index contributed by atoms with van der Waals surface area (Å²) in [7, 11) is 0. The molecule has 146 valence electrons. The van der Waals surface area contributed by atoms with Crippen LogP contribution in [0.2, 0.25) is 0 Å². The minimum Gasteiger partial charge on any atom is -0.489 e. The van der Waals surface area contributed by atoms with Gasteiger partial charge in [0.15, 0.2) is 0 Å². The Morgan fingerprint density at radius 2 is 1.89 bits per heavy atom. The van der Waals surface area contributed by atoms with Gasteiger partial charge in [-0.3, -0.25) is 4.79 Å². The number of aryl methyl sites for hydroxylation is 1. The number of aromatic nitrogens is 1. The number of carbonyl (C=O) groups is 1. The number of rotatable bonds is 6. The molecule has 1 aromatic heterocycles. The summed E-state index contributed by atoms with van der Waals surface area (Å²) in [5.74, 6) is 0.662. The van der Waals surface area contributed by atoms with Crippen molar-refractivity contribution in [3.8, 4) is 5.75 Å². The van der Waals surface area contributed by atoms with Crippen LogP contribution in [0.1, 0.15) is 42.4 Å². The van der Waals surface area contributed by atoms with Crippen LogP contribution in [0.4, 0.5) is 0 Å². The maximum Gasteiger partial charge on any atom is 0.268 e. The van der Waals surface area contributed by atoms with E-state index in [1.54, 1.807) is 6.08 Å². The molecule has 4 heteroatoms. The van der Waals surface area contributed by atoms with E-state index >= 15 is 0 Å². The molecule has 3 aromatic rings. The lowest BCUT2D eigenvalue weighted by atomic mass is 10.1. The highest BCUT2D eigenvalue weighted by Crippen LogP contribution is 2.30. The van der Waals surface area contributed by atoms with Crippen molar-refractivity contribution in [2.45, 2.75) is 39.8 Å². The molecule has 0 spiro atoms. The number of nitrogens with zero attached hydrogens (tertiary/aromatic N) is 1. The maximum absolute atomic E-state index is 13.0. The third-order valence-corrected chi connectivity index (χ3v) is 4.44. The fraction of sp³-hybridized carbons (Fsp3) is 0.292. The van der Waals surface area contributed by atoms with Crippen molar-refractivity contribution in [3.05, 3.63) is 78.0 Å². The Hall–Kier alpha value is -3.01. The second kappa shape index (κ2) is 7.93. The van der Waals surface area contributed by atoms with Crippen LogP contribution in [-0.2, 0) is 6.54 Å². The first-order chi connectivity index (χ1) is 13.3. The van der Waals surface area contributed by atoms with E-state index < -0.39 is 0 Å². The summed E-state index contributed by atoms with van der Waals surface area (Å²) in [6.45, 7) is 12.8. The highest BCUT2D eigenvalue weighted by Gasteiger charge is 2.21. The van der Waals surface area contributed by atoms with E-state index in [9.17, 15) is 4.79 Å². The molecule has 1 N–H and O–H groups in total.